The van der Waals surface area contributed by atoms with Crippen molar-refractivity contribution < 1.29 is 14.6 Å². The van der Waals surface area contributed by atoms with Crippen molar-refractivity contribution in [2.45, 2.75) is 33.0 Å². The fourth-order valence-electron chi connectivity index (χ4n) is 3.13. The van der Waals surface area contributed by atoms with Gasteiger partial charge in [-0.15, -0.1) is 0 Å². The highest BCUT2D eigenvalue weighted by Gasteiger charge is 2.25. The molecule has 0 radical (unpaired) electrons. The summed E-state index contributed by atoms with van der Waals surface area (Å²) in [6, 6.07) is 11.8. The minimum atomic E-state index is -0.471. The summed E-state index contributed by atoms with van der Waals surface area (Å²) >= 11 is 0. The fraction of sp³-hybridized carbons (Fsp3) is 0.391. The van der Waals surface area contributed by atoms with Crippen molar-refractivity contribution in [1.29, 1.82) is 0 Å². The van der Waals surface area contributed by atoms with E-state index in [0.717, 1.165) is 35.6 Å². The van der Waals surface area contributed by atoms with Crippen LogP contribution in [0.5, 0.6) is 0 Å². The van der Waals surface area contributed by atoms with Crippen LogP contribution in [-0.2, 0) is 11.3 Å². The van der Waals surface area contributed by atoms with E-state index >= 15 is 0 Å². The van der Waals surface area contributed by atoms with Crippen molar-refractivity contribution in [2.75, 3.05) is 31.1 Å². The van der Waals surface area contributed by atoms with Gasteiger partial charge in [-0.1, -0.05) is 24.3 Å². The van der Waals surface area contributed by atoms with Crippen LogP contribution >= 0.6 is 0 Å². The Morgan fingerprint density at radius 2 is 1.90 bits per heavy atom. The number of amides is 1. The Morgan fingerprint density at radius 1 is 1.14 bits per heavy atom. The third-order valence-electron chi connectivity index (χ3n) is 4.65. The van der Waals surface area contributed by atoms with Crippen LogP contribution in [0.25, 0.3) is 12.2 Å². The van der Waals surface area contributed by atoms with Crippen LogP contribution < -0.4 is 4.90 Å². The molecular formula is C23H29N3O3. The minimum Gasteiger partial charge on any atom is -0.444 e. The van der Waals surface area contributed by atoms with Crippen LogP contribution in [0.1, 0.15) is 37.6 Å². The van der Waals surface area contributed by atoms with Crippen molar-refractivity contribution in [3.63, 3.8) is 0 Å². The number of aromatic nitrogens is 1. The first-order valence-electron chi connectivity index (χ1n) is 9.91. The molecule has 29 heavy (non-hydrogen) atoms. The molecule has 3 rings (SSSR count). The van der Waals surface area contributed by atoms with Gasteiger partial charge in [-0.3, -0.25) is 4.98 Å². The van der Waals surface area contributed by atoms with Gasteiger partial charge in [0.15, 0.2) is 0 Å². The monoisotopic (exact) mass is 395 g/mol. The molecule has 1 N–H and O–H groups in total. The Kier molecular flexibility index (Phi) is 6.54. The molecule has 0 spiro atoms. The molecule has 0 bridgehead atoms. The summed E-state index contributed by atoms with van der Waals surface area (Å²) in [4.78, 5) is 20.7. The summed E-state index contributed by atoms with van der Waals surface area (Å²) in [6.07, 6.45) is 5.56. The summed E-state index contributed by atoms with van der Waals surface area (Å²) < 4.78 is 5.45. The SMILES string of the molecule is CC(C)(C)OC(=O)N1CCN(c2ccc(/C=C/c3cccc(CO)c3)nc2)CC1. The van der Waals surface area contributed by atoms with E-state index in [1.165, 1.54) is 0 Å². The molecule has 1 saturated heterocycles. The lowest BCUT2D eigenvalue weighted by Crippen LogP contribution is -2.50. The molecule has 1 aromatic carbocycles. The van der Waals surface area contributed by atoms with E-state index in [9.17, 15) is 9.90 Å². The summed E-state index contributed by atoms with van der Waals surface area (Å²) in [6.45, 7) is 8.46. The highest BCUT2D eigenvalue weighted by molar-refractivity contribution is 5.69. The molecule has 0 saturated carbocycles. The van der Waals surface area contributed by atoms with Crippen molar-refractivity contribution in [2.24, 2.45) is 0 Å². The highest BCUT2D eigenvalue weighted by Crippen LogP contribution is 2.18. The zero-order valence-electron chi connectivity index (χ0n) is 17.3. The third-order valence-corrected chi connectivity index (χ3v) is 4.65. The lowest BCUT2D eigenvalue weighted by Gasteiger charge is -2.36. The first-order valence-corrected chi connectivity index (χ1v) is 9.91. The molecule has 1 amide bonds. The zero-order valence-corrected chi connectivity index (χ0v) is 17.3. The topological polar surface area (TPSA) is 65.9 Å². The molecule has 0 atom stereocenters. The normalized spacial score (nSPS) is 15.0. The maximum atomic E-state index is 12.2. The van der Waals surface area contributed by atoms with E-state index in [-0.39, 0.29) is 12.7 Å². The number of piperazine rings is 1. The predicted octanol–water partition coefficient (Wildman–Crippen LogP) is 3.80. The van der Waals surface area contributed by atoms with Gasteiger partial charge in [-0.05, 0) is 56.2 Å². The van der Waals surface area contributed by atoms with E-state index < -0.39 is 5.60 Å². The molecule has 1 aliphatic heterocycles. The first-order chi connectivity index (χ1) is 13.8. The highest BCUT2D eigenvalue weighted by atomic mass is 16.6. The lowest BCUT2D eigenvalue weighted by molar-refractivity contribution is 0.0240. The summed E-state index contributed by atoms with van der Waals surface area (Å²) in [5.74, 6) is 0. The Balaban J connectivity index is 1.55. The molecule has 1 aliphatic rings. The maximum Gasteiger partial charge on any atom is 0.410 e. The van der Waals surface area contributed by atoms with Gasteiger partial charge in [-0.25, -0.2) is 4.79 Å². The Hall–Kier alpha value is -2.86. The van der Waals surface area contributed by atoms with Gasteiger partial charge in [0.1, 0.15) is 5.60 Å². The average molecular weight is 396 g/mol. The number of aliphatic hydroxyl groups is 1. The van der Waals surface area contributed by atoms with Crippen LogP contribution in [0.3, 0.4) is 0 Å². The Bertz CT molecular complexity index is 848. The van der Waals surface area contributed by atoms with Gasteiger partial charge in [0.05, 0.1) is 24.2 Å². The predicted molar refractivity (Wildman–Crippen MR) is 116 cm³/mol. The summed E-state index contributed by atoms with van der Waals surface area (Å²) in [5.41, 5.74) is 3.37. The number of anilines is 1. The second-order valence-corrected chi connectivity index (χ2v) is 8.13. The Labute approximate surface area is 172 Å². The molecule has 154 valence electrons. The van der Waals surface area contributed by atoms with E-state index in [2.05, 4.69) is 16.0 Å². The van der Waals surface area contributed by atoms with Gasteiger partial charge >= 0.3 is 6.09 Å². The number of aliphatic hydroxyl groups excluding tert-OH is 1. The second kappa shape index (κ2) is 9.09. The van der Waals surface area contributed by atoms with Gasteiger partial charge in [-0.2, -0.15) is 0 Å². The van der Waals surface area contributed by atoms with Crippen molar-refractivity contribution in [3.8, 4) is 0 Å². The minimum absolute atomic E-state index is 0.0375. The zero-order chi connectivity index (χ0) is 20.9. The molecular weight excluding hydrogens is 366 g/mol. The van der Waals surface area contributed by atoms with Crippen LogP contribution in [0, 0.1) is 0 Å². The number of pyridine rings is 1. The molecule has 1 fully saturated rings. The van der Waals surface area contributed by atoms with Crippen molar-refractivity contribution in [3.05, 3.63) is 59.4 Å². The summed E-state index contributed by atoms with van der Waals surface area (Å²) in [7, 11) is 0. The number of benzene rings is 1. The maximum absolute atomic E-state index is 12.2. The third kappa shape index (κ3) is 6.06. The summed E-state index contributed by atoms with van der Waals surface area (Å²) in [5, 5.41) is 9.23. The van der Waals surface area contributed by atoms with Gasteiger partial charge in [0.2, 0.25) is 0 Å². The average Bonchev–Trinajstić information content (AvgIpc) is 2.72. The van der Waals surface area contributed by atoms with Crippen molar-refractivity contribution in [1.82, 2.24) is 9.88 Å². The van der Waals surface area contributed by atoms with E-state index in [1.807, 2.05) is 69.5 Å². The molecule has 0 unspecified atom stereocenters. The first kappa shape index (κ1) is 20.9. The number of hydrogen-bond donors (Lipinski definition) is 1. The molecule has 0 aliphatic carbocycles. The molecule has 6 heteroatoms. The van der Waals surface area contributed by atoms with Gasteiger partial charge < -0.3 is 19.6 Å². The molecule has 2 aromatic rings. The molecule has 2 heterocycles. The van der Waals surface area contributed by atoms with Gasteiger partial charge in [0.25, 0.3) is 0 Å². The van der Waals surface area contributed by atoms with E-state index in [1.54, 1.807) is 4.90 Å². The lowest BCUT2D eigenvalue weighted by atomic mass is 10.1. The van der Waals surface area contributed by atoms with E-state index in [0.29, 0.717) is 13.1 Å². The van der Waals surface area contributed by atoms with Crippen LogP contribution in [0.4, 0.5) is 10.5 Å². The van der Waals surface area contributed by atoms with Crippen LogP contribution in [0.15, 0.2) is 42.6 Å². The number of hydrogen-bond acceptors (Lipinski definition) is 5. The number of nitrogens with zero attached hydrogens (tertiary/aromatic N) is 3. The van der Waals surface area contributed by atoms with Crippen LogP contribution in [-0.4, -0.2) is 52.9 Å². The second-order valence-electron chi connectivity index (χ2n) is 8.13. The van der Waals surface area contributed by atoms with Crippen LogP contribution in [0.2, 0.25) is 0 Å². The smallest absolute Gasteiger partial charge is 0.410 e. The van der Waals surface area contributed by atoms with Crippen molar-refractivity contribution >= 4 is 23.9 Å². The number of carbonyl (C=O) groups is 1. The largest absolute Gasteiger partial charge is 0.444 e. The standard InChI is InChI=1S/C23H29N3O3/c1-23(2,3)29-22(28)26-13-11-25(12-14-26)21-10-9-20(24-16-21)8-7-18-5-4-6-19(15-18)17-27/h4-10,15-16,27H,11-14,17H2,1-3H3/b8-7+. The number of rotatable bonds is 4. The quantitative estimate of drug-likeness (QED) is 0.853. The number of ether oxygens (including phenoxy) is 1. The fourth-order valence-corrected chi connectivity index (χ4v) is 3.13. The van der Waals surface area contributed by atoms with E-state index in [4.69, 9.17) is 4.74 Å². The number of carbonyl (C=O) groups excluding carboxylic acids is 1. The Morgan fingerprint density at radius 3 is 2.52 bits per heavy atom. The molecule has 6 nitrogen and oxygen atoms in total. The molecule has 1 aromatic heterocycles. The van der Waals surface area contributed by atoms with Gasteiger partial charge in [0, 0.05) is 26.2 Å².